The Morgan fingerprint density at radius 2 is 2.14 bits per heavy atom. The van der Waals surface area contributed by atoms with Gasteiger partial charge in [0, 0.05) is 18.7 Å². The number of benzene rings is 1. The fraction of sp³-hybridized carbons (Fsp3) is 0.467. The average molecular weight is 310 g/mol. The van der Waals surface area contributed by atoms with Gasteiger partial charge in [-0.05, 0) is 43.0 Å². The van der Waals surface area contributed by atoms with Crippen molar-refractivity contribution in [2.24, 2.45) is 5.73 Å². The largest absolute Gasteiger partial charge is 0.351 e. The maximum absolute atomic E-state index is 13.3. The number of rotatable bonds is 2. The number of primary amides is 1. The molecule has 1 aliphatic rings. The van der Waals surface area contributed by atoms with Crippen LogP contribution in [0.3, 0.4) is 0 Å². The lowest BCUT2D eigenvalue weighted by atomic mass is 9.92. The van der Waals surface area contributed by atoms with E-state index in [1.54, 1.807) is 17.9 Å². The van der Waals surface area contributed by atoms with Crippen LogP contribution in [-0.4, -0.2) is 27.8 Å². The molecule has 0 saturated carbocycles. The number of urea groups is 1. The first-order chi connectivity index (χ1) is 9.88. The predicted octanol–water partition coefficient (Wildman–Crippen LogP) is 3.00. The maximum atomic E-state index is 13.3. The van der Waals surface area contributed by atoms with Gasteiger partial charge < -0.3 is 10.6 Å². The number of likely N-dealkylation sites (tertiary alicyclic amines) is 1. The Morgan fingerprint density at radius 1 is 1.43 bits per heavy atom. The van der Waals surface area contributed by atoms with Gasteiger partial charge >= 0.3 is 6.03 Å². The van der Waals surface area contributed by atoms with Crippen molar-refractivity contribution >= 4 is 22.9 Å². The minimum Gasteiger partial charge on any atom is -0.351 e. The van der Waals surface area contributed by atoms with Crippen LogP contribution in [0, 0.1) is 12.7 Å². The Balaban J connectivity index is 2.29. The third-order valence-electron chi connectivity index (χ3n) is 3.76. The monoisotopic (exact) mass is 310 g/mol. The molecule has 0 aromatic heterocycles. The van der Waals surface area contributed by atoms with Crippen LogP contribution in [0.15, 0.2) is 18.2 Å². The smallest absolute Gasteiger partial charge is 0.315 e. The summed E-state index contributed by atoms with van der Waals surface area (Å²) in [6, 6.07) is 3.87. The summed E-state index contributed by atoms with van der Waals surface area (Å²) in [6.07, 6.45) is 1.39. The maximum Gasteiger partial charge on any atom is 0.315 e. The van der Waals surface area contributed by atoms with E-state index in [4.69, 9.17) is 5.73 Å². The fourth-order valence-electron chi connectivity index (χ4n) is 2.85. The molecule has 0 aliphatic carbocycles. The summed E-state index contributed by atoms with van der Waals surface area (Å²) in [6.45, 7) is 3.88. The van der Waals surface area contributed by atoms with E-state index >= 15 is 0 Å². The van der Waals surface area contributed by atoms with Gasteiger partial charge in [-0.25, -0.2) is 9.18 Å². The lowest BCUT2D eigenvalue weighted by Gasteiger charge is -2.38. The van der Waals surface area contributed by atoms with Crippen molar-refractivity contribution in [3.8, 4) is 0 Å². The van der Waals surface area contributed by atoms with Crippen LogP contribution in [0.5, 0.6) is 0 Å². The highest BCUT2D eigenvalue weighted by atomic mass is 32.2. The number of thioether (sulfide) groups is 1. The molecule has 2 unspecified atom stereocenters. The van der Waals surface area contributed by atoms with E-state index in [0.29, 0.717) is 13.0 Å². The summed E-state index contributed by atoms with van der Waals surface area (Å²) in [5, 5.41) is 0.231. The van der Waals surface area contributed by atoms with Crippen molar-refractivity contribution in [2.45, 2.75) is 38.0 Å². The van der Waals surface area contributed by atoms with Gasteiger partial charge in [-0.3, -0.25) is 4.79 Å². The highest BCUT2D eigenvalue weighted by Crippen LogP contribution is 2.37. The molecule has 21 heavy (non-hydrogen) atoms. The zero-order chi connectivity index (χ0) is 15.6. The molecule has 1 fully saturated rings. The Bertz CT molecular complexity index is 565. The molecule has 0 radical (unpaired) electrons. The third-order valence-corrected chi connectivity index (χ3v) is 4.85. The molecule has 0 bridgehead atoms. The third kappa shape index (κ3) is 3.75. The second kappa shape index (κ2) is 6.47. The van der Waals surface area contributed by atoms with E-state index in [0.717, 1.165) is 17.5 Å². The lowest BCUT2D eigenvalue weighted by molar-refractivity contribution is -0.109. The molecule has 0 spiro atoms. The molecular weight excluding hydrogens is 291 g/mol. The van der Waals surface area contributed by atoms with Crippen molar-refractivity contribution in [3.05, 3.63) is 35.1 Å². The van der Waals surface area contributed by atoms with Crippen molar-refractivity contribution in [2.75, 3.05) is 6.54 Å². The minimum absolute atomic E-state index is 0.0714. The number of hydrogen-bond acceptors (Lipinski definition) is 3. The number of halogens is 1. The van der Waals surface area contributed by atoms with E-state index in [1.165, 1.54) is 23.9 Å². The van der Waals surface area contributed by atoms with Gasteiger partial charge in [-0.1, -0.05) is 17.8 Å². The van der Waals surface area contributed by atoms with Gasteiger partial charge in [0.05, 0.1) is 6.04 Å². The topological polar surface area (TPSA) is 63.4 Å². The number of piperidine rings is 1. The molecule has 1 aliphatic heterocycles. The molecule has 1 heterocycles. The molecule has 1 aromatic carbocycles. The van der Waals surface area contributed by atoms with E-state index in [-0.39, 0.29) is 22.2 Å². The first kappa shape index (κ1) is 15.8. The van der Waals surface area contributed by atoms with E-state index in [9.17, 15) is 14.0 Å². The zero-order valence-corrected chi connectivity index (χ0v) is 13.0. The highest BCUT2D eigenvalue weighted by molar-refractivity contribution is 8.14. The van der Waals surface area contributed by atoms with Crippen molar-refractivity contribution < 1.29 is 14.0 Å². The van der Waals surface area contributed by atoms with Gasteiger partial charge in [0.15, 0.2) is 5.12 Å². The quantitative estimate of drug-likeness (QED) is 0.913. The van der Waals surface area contributed by atoms with Crippen LogP contribution in [0.2, 0.25) is 0 Å². The first-order valence-electron chi connectivity index (χ1n) is 6.88. The number of aryl methyl sites for hydroxylation is 1. The number of nitrogens with zero attached hydrogens (tertiary/aromatic N) is 1. The van der Waals surface area contributed by atoms with E-state index < -0.39 is 6.03 Å². The molecule has 114 valence electrons. The zero-order valence-electron chi connectivity index (χ0n) is 12.1. The van der Waals surface area contributed by atoms with Crippen molar-refractivity contribution in [1.82, 2.24) is 4.90 Å². The molecule has 2 rings (SSSR count). The SMILES string of the molecule is CC(=O)SC1CCN(C(N)=O)C(c2ccc(F)cc2C)C1. The standard InChI is InChI=1S/C15H19FN2O2S/c1-9-7-11(16)3-4-13(9)14-8-12(21-10(2)19)5-6-18(14)15(17)20/h3-4,7,12,14H,5-6,8H2,1-2H3,(H2,17,20). The molecule has 4 nitrogen and oxygen atoms in total. The number of nitrogens with two attached hydrogens (primary N) is 1. The van der Waals surface area contributed by atoms with Gasteiger partial charge in [0.2, 0.25) is 0 Å². The molecule has 6 heteroatoms. The Kier molecular flexibility index (Phi) is 4.88. The predicted molar refractivity (Wildman–Crippen MR) is 81.5 cm³/mol. The van der Waals surface area contributed by atoms with Crippen molar-refractivity contribution in [1.29, 1.82) is 0 Å². The molecule has 2 amide bonds. The summed E-state index contributed by atoms with van der Waals surface area (Å²) < 4.78 is 13.3. The summed E-state index contributed by atoms with van der Waals surface area (Å²) in [7, 11) is 0. The summed E-state index contributed by atoms with van der Waals surface area (Å²) >= 11 is 1.30. The molecule has 2 atom stereocenters. The number of hydrogen-bond donors (Lipinski definition) is 1. The van der Waals surface area contributed by atoms with Gasteiger partial charge in [0.25, 0.3) is 0 Å². The molecule has 1 saturated heterocycles. The van der Waals surface area contributed by atoms with Gasteiger partial charge in [-0.15, -0.1) is 0 Å². The minimum atomic E-state index is -0.477. The molecule has 2 N–H and O–H groups in total. The highest BCUT2D eigenvalue weighted by Gasteiger charge is 2.33. The summed E-state index contributed by atoms with van der Waals surface area (Å²) in [5.41, 5.74) is 7.14. The van der Waals surface area contributed by atoms with Gasteiger partial charge in [0.1, 0.15) is 5.82 Å². The van der Waals surface area contributed by atoms with Crippen molar-refractivity contribution in [3.63, 3.8) is 0 Å². The van der Waals surface area contributed by atoms with Crippen LogP contribution in [0.4, 0.5) is 9.18 Å². The van der Waals surface area contributed by atoms with Crippen LogP contribution < -0.4 is 5.73 Å². The second-order valence-corrected chi connectivity index (χ2v) is 6.78. The van der Waals surface area contributed by atoms with E-state index in [1.807, 2.05) is 6.92 Å². The number of carbonyl (C=O) groups is 2. The summed E-state index contributed by atoms with van der Waals surface area (Å²) in [5.74, 6) is -0.299. The molecule has 1 aromatic rings. The van der Waals surface area contributed by atoms with E-state index in [2.05, 4.69) is 0 Å². The normalized spacial score (nSPS) is 22.1. The second-order valence-electron chi connectivity index (χ2n) is 5.30. The van der Waals surface area contributed by atoms with Crippen LogP contribution in [0.1, 0.15) is 36.9 Å². The Labute approximate surface area is 127 Å². The lowest BCUT2D eigenvalue weighted by Crippen LogP contribution is -2.45. The number of carbonyl (C=O) groups excluding carboxylic acids is 2. The van der Waals surface area contributed by atoms with Crippen LogP contribution >= 0.6 is 11.8 Å². The van der Waals surface area contributed by atoms with Crippen LogP contribution in [-0.2, 0) is 4.79 Å². The first-order valence-corrected chi connectivity index (χ1v) is 7.75. The Morgan fingerprint density at radius 3 is 2.71 bits per heavy atom. The van der Waals surface area contributed by atoms with Gasteiger partial charge in [-0.2, -0.15) is 0 Å². The number of amides is 2. The molecular formula is C15H19FN2O2S. The van der Waals surface area contributed by atoms with Crippen LogP contribution in [0.25, 0.3) is 0 Å². The Hall–Kier alpha value is -1.56. The average Bonchev–Trinajstić information content (AvgIpc) is 2.37. The fourth-order valence-corrected chi connectivity index (χ4v) is 3.82. The summed E-state index contributed by atoms with van der Waals surface area (Å²) in [4.78, 5) is 24.5.